The van der Waals surface area contributed by atoms with E-state index in [-0.39, 0.29) is 18.1 Å². The molecular weight excluding hydrogens is 404 g/mol. The summed E-state index contributed by atoms with van der Waals surface area (Å²) in [5.41, 5.74) is 5.52. The molecule has 12 heteroatoms. The molecule has 0 saturated heterocycles. The lowest BCUT2D eigenvalue weighted by Crippen LogP contribution is -2.58. The predicted octanol–water partition coefficient (Wildman–Crippen LogP) is -1.29. The summed E-state index contributed by atoms with van der Waals surface area (Å²) < 4.78 is 0. The molecule has 0 aliphatic heterocycles. The first-order valence-corrected chi connectivity index (χ1v) is 9.79. The van der Waals surface area contributed by atoms with Crippen molar-refractivity contribution in [2.75, 3.05) is 5.75 Å². The number of hydrogen-bond acceptors (Lipinski definition) is 7. The molecule has 0 bridgehead atoms. The maximum absolute atomic E-state index is 12.6. The Morgan fingerprint density at radius 2 is 1.48 bits per heavy atom. The molecule has 0 saturated carbocycles. The second-order valence-electron chi connectivity index (χ2n) is 6.74. The van der Waals surface area contributed by atoms with Crippen molar-refractivity contribution in [2.24, 2.45) is 11.7 Å². The van der Waals surface area contributed by atoms with Gasteiger partial charge >= 0.3 is 11.9 Å². The maximum Gasteiger partial charge on any atom is 0.326 e. The number of carbonyl (C=O) groups excluding carboxylic acids is 3. The lowest BCUT2D eigenvalue weighted by Gasteiger charge is -2.27. The Morgan fingerprint density at radius 3 is 1.90 bits per heavy atom. The Bertz CT molecular complexity index is 615. The molecule has 3 amide bonds. The van der Waals surface area contributed by atoms with E-state index < -0.39 is 60.2 Å². The normalized spacial score (nSPS) is 15.9. The van der Waals surface area contributed by atoms with Gasteiger partial charge in [-0.25, -0.2) is 4.79 Å². The first-order chi connectivity index (χ1) is 13.4. The molecule has 0 fully saturated rings. The number of amides is 3. The summed E-state index contributed by atoms with van der Waals surface area (Å²) in [6.45, 7) is 5.04. The van der Waals surface area contributed by atoms with Crippen LogP contribution in [0, 0.1) is 5.92 Å². The Hall–Kier alpha value is -2.34. The van der Waals surface area contributed by atoms with Crippen molar-refractivity contribution in [1.82, 2.24) is 16.0 Å². The number of aliphatic carboxylic acids is 2. The summed E-state index contributed by atoms with van der Waals surface area (Å²) in [7, 11) is 0. The van der Waals surface area contributed by atoms with Gasteiger partial charge < -0.3 is 31.9 Å². The second-order valence-corrected chi connectivity index (χ2v) is 7.10. The summed E-state index contributed by atoms with van der Waals surface area (Å²) in [5, 5.41) is 25.0. The number of rotatable bonds is 13. The van der Waals surface area contributed by atoms with Crippen molar-refractivity contribution in [1.29, 1.82) is 0 Å². The smallest absolute Gasteiger partial charge is 0.326 e. The molecule has 5 unspecified atom stereocenters. The number of nitrogens with one attached hydrogen (secondary N) is 3. The van der Waals surface area contributed by atoms with Gasteiger partial charge in [-0.15, -0.1) is 0 Å². The molecule has 0 aliphatic rings. The number of carbonyl (C=O) groups is 5. The zero-order valence-corrected chi connectivity index (χ0v) is 17.6. The molecule has 166 valence electrons. The lowest BCUT2D eigenvalue weighted by molar-refractivity contribution is -0.143. The molecule has 0 aromatic heterocycles. The molecule has 0 spiro atoms. The van der Waals surface area contributed by atoms with Crippen LogP contribution in [0.15, 0.2) is 0 Å². The molecule has 29 heavy (non-hydrogen) atoms. The SMILES string of the molecule is CCC(C)C(NC(=O)C(C)N)C(=O)NC(CS)C(=O)NC(CCC(=O)O)C(=O)O. The summed E-state index contributed by atoms with van der Waals surface area (Å²) in [6, 6.07) is -4.39. The standard InChI is InChI=1S/C17H30N4O7S/c1-4-8(2)13(21-14(24)9(3)18)16(26)20-11(7-29)15(25)19-10(17(27)28)5-6-12(22)23/h8-11,13,29H,4-7,18H2,1-3H3,(H,19,25)(H,20,26)(H,21,24)(H,22,23)(H,27,28). The van der Waals surface area contributed by atoms with Gasteiger partial charge in [0.1, 0.15) is 18.1 Å². The largest absolute Gasteiger partial charge is 0.481 e. The Labute approximate surface area is 174 Å². The van der Waals surface area contributed by atoms with Gasteiger partial charge in [0.15, 0.2) is 0 Å². The number of thiol groups is 1. The van der Waals surface area contributed by atoms with Crippen molar-refractivity contribution >= 4 is 42.3 Å². The van der Waals surface area contributed by atoms with Crippen LogP contribution in [0.2, 0.25) is 0 Å². The molecular formula is C17H30N4O7S. The fourth-order valence-electron chi connectivity index (χ4n) is 2.24. The molecule has 0 radical (unpaired) electrons. The summed E-state index contributed by atoms with van der Waals surface area (Å²) in [5.74, 6) is -5.00. The number of carboxylic acids is 2. The third-order valence-corrected chi connectivity index (χ3v) is 4.65. The van der Waals surface area contributed by atoms with E-state index in [4.69, 9.17) is 15.9 Å². The fourth-order valence-corrected chi connectivity index (χ4v) is 2.50. The van der Waals surface area contributed by atoms with Crippen molar-refractivity contribution in [2.45, 2.75) is 64.2 Å². The molecule has 11 nitrogen and oxygen atoms in total. The van der Waals surface area contributed by atoms with Gasteiger partial charge in [-0.1, -0.05) is 20.3 Å². The minimum Gasteiger partial charge on any atom is -0.481 e. The first-order valence-electron chi connectivity index (χ1n) is 9.16. The van der Waals surface area contributed by atoms with Gasteiger partial charge in [-0.2, -0.15) is 12.6 Å². The Balaban J connectivity index is 5.19. The van der Waals surface area contributed by atoms with E-state index in [2.05, 4.69) is 28.6 Å². The Morgan fingerprint density at radius 1 is 0.931 bits per heavy atom. The highest BCUT2D eigenvalue weighted by molar-refractivity contribution is 7.80. The van der Waals surface area contributed by atoms with E-state index in [1.54, 1.807) is 6.92 Å². The third kappa shape index (κ3) is 9.61. The van der Waals surface area contributed by atoms with Crippen molar-refractivity contribution in [3.8, 4) is 0 Å². The van der Waals surface area contributed by atoms with E-state index in [9.17, 15) is 24.0 Å². The highest BCUT2D eigenvalue weighted by Gasteiger charge is 2.31. The third-order valence-electron chi connectivity index (χ3n) is 4.28. The lowest BCUT2D eigenvalue weighted by atomic mass is 9.97. The van der Waals surface area contributed by atoms with Gasteiger partial charge in [0.25, 0.3) is 0 Å². The van der Waals surface area contributed by atoms with Crippen LogP contribution in [0.5, 0.6) is 0 Å². The van der Waals surface area contributed by atoms with E-state index >= 15 is 0 Å². The summed E-state index contributed by atoms with van der Waals surface area (Å²) in [6.07, 6.45) is -0.205. The highest BCUT2D eigenvalue weighted by atomic mass is 32.1. The monoisotopic (exact) mass is 434 g/mol. The Kier molecular flexibility index (Phi) is 11.9. The van der Waals surface area contributed by atoms with Crippen LogP contribution in [-0.4, -0.2) is 69.8 Å². The second kappa shape index (κ2) is 13.0. The molecule has 7 N–H and O–H groups in total. The zero-order chi connectivity index (χ0) is 22.7. The van der Waals surface area contributed by atoms with E-state index in [1.807, 2.05) is 6.92 Å². The van der Waals surface area contributed by atoms with Gasteiger partial charge in [-0.3, -0.25) is 19.2 Å². The quantitative estimate of drug-likeness (QED) is 0.174. The fraction of sp³-hybridized carbons (Fsp3) is 0.706. The number of hydrogen-bond donors (Lipinski definition) is 7. The predicted molar refractivity (Wildman–Crippen MR) is 107 cm³/mol. The van der Waals surface area contributed by atoms with Crippen LogP contribution in [-0.2, 0) is 24.0 Å². The van der Waals surface area contributed by atoms with Crippen LogP contribution in [0.4, 0.5) is 0 Å². The molecule has 5 atom stereocenters. The molecule has 0 aliphatic carbocycles. The minimum atomic E-state index is -1.43. The van der Waals surface area contributed by atoms with Crippen LogP contribution in [0.25, 0.3) is 0 Å². The van der Waals surface area contributed by atoms with Crippen LogP contribution in [0.3, 0.4) is 0 Å². The average Bonchev–Trinajstić information content (AvgIpc) is 2.65. The van der Waals surface area contributed by atoms with Gasteiger partial charge in [0, 0.05) is 12.2 Å². The first kappa shape index (κ1) is 26.7. The summed E-state index contributed by atoms with van der Waals surface area (Å²) in [4.78, 5) is 58.8. The van der Waals surface area contributed by atoms with Gasteiger partial charge in [0.05, 0.1) is 6.04 Å². The van der Waals surface area contributed by atoms with Crippen molar-refractivity contribution in [3.05, 3.63) is 0 Å². The molecule has 0 rings (SSSR count). The van der Waals surface area contributed by atoms with Crippen LogP contribution >= 0.6 is 12.6 Å². The van der Waals surface area contributed by atoms with Crippen molar-refractivity contribution < 1.29 is 34.2 Å². The van der Waals surface area contributed by atoms with Crippen molar-refractivity contribution in [3.63, 3.8) is 0 Å². The van der Waals surface area contributed by atoms with E-state index in [0.717, 1.165) is 0 Å². The summed E-state index contributed by atoms with van der Waals surface area (Å²) >= 11 is 4.01. The van der Waals surface area contributed by atoms with E-state index in [1.165, 1.54) is 6.92 Å². The highest BCUT2D eigenvalue weighted by Crippen LogP contribution is 2.09. The average molecular weight is 435 g/mol. The molecule has 0 aromatic rings. The zero-order valence-electron chi connectivity index (χ0n) is 16.7. The maximum atomic E-state index is 12.6. The number of nitrogens with two attached hydrogens (primary N) is 1. The van der Waals surface area contributed by atoms with Crippen LogP contribution < -0.4 is 21.7 Å². The molecule has 0 heterocycles. The topological polar surface area (TPSA) is 188 Å². The van der Waals surface area contributed by atoms with Gasteiger partial charge in [0.2, 0.25) is 17.7 Å². The minimum absolute atomic E-state index is 0.142. The van der Waals surface area contributed by atoms with Crippen LogP contribution in [0.1, 0.15) is 40.0 Å². The number of carboxylic acid groups (broad SMARTS) is 2. The van der Waals surface area contributed by atoms with E-state index in [0.29, 0.717) is 6.42 Å². The van der Waals surface area contributed by atoms with Gasteiger partial charge in [-0.05, 0) is 19.3 Å². The molecule has 0 aromatic carbocycles.